The van der Waals surface area contributed by atoms with E-state index in [0.717, 1.165) is 6.54 Å². The molecule has 1 fully saturated rings. The maximum atomic E-state index is 5.99. The third kappa shape index (κ3) is 2.12. The van der Waals surface area contributed by atoms with Gasteiger partial charge in [0.15, 0.2) is 0 Å². The number of hydrogen-bond donors (Lipinski definition) is 1. The minimum absolute atomic E-state index is 0.448. The summed E-state index contributed by atoms with van der Waals surface area (Å²) >= 11 is 0. The number of nitrogens with two attached hydrogens (primary N) is 1. The number of hydrogen-bond acceptors (Lipinski definition) is 2. The average Bonchev–Trinajstić information content (AvgIpc) is 2.99. The van der Waals surface area contributed by atoms with Crippen molar-refractivity contribution < 1.29 is 0 Å². The molecule has 1 unspecified atom stereocenters. The molecule has 2 nitrogen and oxygen atoms in total. The smallest absolute Gasteiger partial charge is 0.0470 e. The zero-order valence-electron chi connectivity index (χ0n) is 10.5. The second-order valence-corrected chi connectivity index (χ2v) is 5.38. The number of benzene rings is 1. The van der Waals surface area contributed by atoms with Gasteiger partial charge in [0.2, 0.25) is 0 Å². The fourth-order valence-corrected chi connectivity index (χ4v) is 3.35. The lowest BCUT2D eigenvalue weighted by atomic mass is 10.0. The molecule has 1 aliphatic carbocycles. The van der Waals surface area contributed by atoms with Gasteiger partial charge in [0.1, 0.15) is 0 Å². The third-order valence-corrected chi connectivity index (χ3v) is 4.31. The zero-order valence-corrected chi connectivity index (χ0v) is 10.5. The standard InChI is InChI=1S/C15H22N2/c16-11-15(17-8-1-2-9-17)14-7-6-12-4-3-5-13(12)10-14/h6-7,10,15H,1-5,8-9,11,16H2. The highest BCUT2D eigenvalue weighted by Gasteiger charge is 2.23. The number of aryl methyl sites for hydroxylation is 2. The molecule has 0 bridgehead atoms. The monoisotopic (exact) mass is 230 g/mol. The lowest BCUT2D eigenvalue weighted by Crippen LogP contribution is -2.31. The topological polar surface area (TPSA) is 29.3 Å². The number of rotatable bonds is 3. The van der Waals surface area contributed by atoms with Gasteiger partial charge in [-0.15, -0.1) is 0 Å². The van der Waals surface area contributed by atoms with Crippen LogP contribution in [0.2, 0.25) is 0 Å². The molecule has 1 aromatic carbocycles. The first-order chi connectivity index (χ1) is 8.38. The van der Waals surface area contributed by atoms with E-state index in [1.54, 1.807) is 11.1 Å². The fraction of sp³-hybridized carbons (Fsp3) is 0.600. The molecule has 1 heterocycles. The van der Waals surface area contributed by atoms with Crippen molar-refractivity contribution in [1.82, 2.24) is 4.90 Å². The second kappa shape index (κ2) is 4.79. The lowest BCUT2D eigenvalue weighted by molar-refractivity contribution is 0.251. The maximum absolute atomic E-state index is 5.99. The molecule has 2 N–H and O–H groups in total. The highest BCUT2D eigenvalue weighted by Crippen LogP contribution is 2.29. The van der Waals surface area contributed by atoms with E-state index in [4.69, 9.17) is 5.73 Å². The molecule has 0 saturated carbocycles. The fourth-order valence-electron chi connectivity index (χ4n) is 3.35. The average molecular weight is 230 g/mol. The first kappa shape index (κ1) is 11.2. The van der Waals surface area contributed by atoms with Crippen molar-refractivity contribution >= 4 is 0 Å². The predicted molar refractivity (Wildman–Crippen MR) is 71.1 cm³/mol. The Morgan fingerprint density at radius 1 is 1.06 bits per heavy atom. The van der Waals surface area contributed by atoms with Crippen LogP contribution in [-0.4, -0.2) is 24.5 Å². The molecule has 0 amide bonds. The van der Waals surface area contributed by atoms with E-state index in [-0.39, 0.29) is 0 Å². The van der Waals surface area contributed by atoms with Crippen molar-refractivity contribution in [3.63, 3.8) is 0 Å². The molecule has 2 heteroatoms. The molecule has 1 aromatic rings. The SMILES string of the molecule is NCC(c1ccc2c(c1)CCC2)N1CCCC1. The van der Waals surface area contributed by atoms with Crippen molar-refractivity contribution in [1.29, 1.82) is 0 Å². The number of fused-ring (bicyclic) bond motifs is 1. The molecule has 17 heavy (non-hydrogen) atoms. The molecule has 92 valence electrons. The van der Waals surface area contributed by atoms with Crippen molar-refractivity contribution in [3.8, 4) is 0 Å². The Bertz CT molecular complexity index is 394. The van der Waals surface area contributed by atoms with Gasteiger partial charge >= 0.3 is 0 Å². The molecular formula is C15H22N2. The zero-order chi connectivity index (χ0) is 11.7. The van der Waals surface area contributed by atoms with E-state index >= 15 is 0 Å². The van der Waals surface area contributed by atoms with E-state index in [0.29, 0.717) is 6.04 Å². The van der Waals surface area contributed by atoms with Crippen LogP contribution in [-0.2, 0) is 12.8 Å². The molecule has 1 saturated heterocycles. The first-order valence-electron chi connectivity index (χ1n) is 6.94. The van der Waals surface area contributed by atoms with Gasteiger partial charge < -0.3 is 5.73 Å². The first-order valence-corrected chi connectivity index (χ1v) is 6.94. The van der Waals surface area contributed by atoms with Crippen molar-refractivity contribution in [3.05, 3.63) is 34.9 Å². The van der Waals surface area contributed by atoms with Gasteiger partial charge in [-0.1, -0.05) is 18.2 Å². The Labute approximate surface area is 104 Å². The van der Waals surface area contributed by atoms with Crippen LogP contribution in [0.25, 0.3) is 0 Å². The molecule has 3 rings (SSSR count). The molecule has 2 aliphatic rings. The van der Waals surface area contributed by atoms with Crippen molar-refractivity contribution in [2.75, 3.05) is 19.6 Å². The van der Waals surface area contributed by atoms with Crippen molar-refractivity contribution in [2.24, 2.45) is 5.73 Å². The molecular weight excluding hydrogens is 208 g/mol. The highest BCUT2D eigenvalue weighted by molar-refractivity contribution is 5.36. The summed E-state index contributed by atoms with van der Waals surface area (Å²) in [6, 6.07) is 7.50. The Kier molecular flexibility index (Phi) is 3.17. The van der Waals surface area contributed by atoms with E-state index in [1.165, 1.54) is 50.8 Å². The minimum Gasteiger partial charge on any atom is -0.329 e. The van der Waals surface area contributed by atoms with Gasteiger partial charge in [-0.25, -0.2) is 0 Å². The minimum atomic E-state index is 0.448. The van der Waals surface area contributed by atoms with Crippen LogP contribution in [0.5, 0.6) is 0 Å². The van der Waals surface area contributed by atoms with Gasteiger partial charge in [0.25, 0.3) is 0 Å². The third-order valence-electron chi connectivity index (χ3n) is 4.31. The van der Waals surface area contributed by atoms with Gasteiger partial charge in [0, 0.05) is 12.6 Å². The number of nitrogens with zero attached hydrogens (tertiary/aromatic N) is 1. The van der Waals surface area contributed by atoms with Gasteiger partial charge in [-0.2, -0.15) is 0 Å². The quantitative estimate of drug-likeness (QED) is 0.863. The highest BCUT2D eigenvalue weighted by atomic mass is 15.2. The summed E-state index contributed by atoms with van der Waals surface area (Å²) in [5.41, 5.74) is 10.6. The van der Waals surface area contributed by atoms with E-state index in [1.807, 2.05) is 0 Å². The summed E-state index contributed by atoms with van der Waals surface area (Å²) < 4.78 is 0. The molecule has 0 aromatic heterocycles. The van der Waals surface area contributed by atoms with Gasteiger partial charge in [0.05, 0.1) is 0 Å². The number of likely N-dealkylation sites (tertiary alicyclic amines) is 1. The predicted octanol–water partition coefficient (Wildman–Crippen LogP) is 2.27. The Morgan fingerprint density at radius 3 is 2.59 bits per heavy atom. The van der Waals surface area contributed by atoms with Crippen LogP contribution in [0.15, 0.2) is 18.2 Å². The largest absolute Gasteiger partial charge is 0.329 e. The Hall–Kier alpha value is -0.860. The molecule has 0 radical (unpaired) electrons. The maximum Gasteiger partial charge on any atom is 0.0470 e. The summed E-state index contributed by atoms with van der Waals surface area (Å²) in [5, 5.41) is 0. The normalized spacial score (nSPS) is 21.7. The van der Waals surface area contributed by atoms with Crippen LogP contribution < -0.4 is 5.73 Å². The van der Waals surface area contributed by atoms with E-state index in [2.05, 4.69) is 23.1 Å². The van der Waals surface area contributed by atoms with Gasteiger partial charge in [-0.05, 0) is 61.9 Å². The van der Waals surface area contributed by atoms with Crippen LogP contribution >= 0.6 is 0 Å². The summed E-state index contributed by atoms with van der Waals surface area (Å²) in [4.78, 5) is 2.55. The van der Waals surface area contributed by atoms with Crippen LogP contribution in [0.1, 0.15) is 42.0 Å². The van der Waals surface area contributed by atoms with Crippen molar-refractivity contribution in [2.45, 2.75) is 38.1 Å². The summed E-state index contributed by atoms with van der Waals surface area (Å²) in [6.45, 7) is 3.19. The second-order valence-electron chi connectivity index (χ2n) is 5.38. The summed E-state index contributed by atoms with van der Waals surface area (Å²) in [5.74, 6) is 0. The lowest BCUT2D eigenvalue weighted by Gasteiger charge is -2.27. The van der Waals surface area contributed by atoms with E-state index < -0.39 is 0 Å². The summed E-state index contributed by atoms with van der Waals surface area (Å²) in [7, 11) is 0. The van der Waals surface area contributed by atoms with Crippen LogP contribution in [0.4, 0.5) is 0 Å². The van der Waals surface area contributed by atoms with Crippen LogP contribution in [0, 0.1) is 0 Å². The Balaban J connectivity index is 1.85. The molecule has 1 atom stereocenters. The Morgan fingerprint density at radius 2 is 1.82 bits per heavy atom. The summed E-state index contributed by atoms with van der Waals surface area (Å²) in [6.07, 6.45) is 6.53. The molecule has 0 spiro atoms. The van der Waals surface area contributed by atoms with E-state index in [9.17, 15) is 0 Å². The molecule has 1 aliphatic heterocycles. The van der Waals surface area contributed by atoms with Crippen LogP contribution in [0.3, 0.4) is 0 Å². The van der Waals surface area contributed by atoms with Gasteiger partial charge in [-0.3, -0.25) is 4.90 Å².